The zero-order chi connectivity index (χ0) is 13.2. The molecular weight excluding hydrogens is 236 g/mol. The highest BCUT2D eigenvalue weighted by Crippen LogP contribution is 2.23. The molecule has 2 fully saturated rings. The number of nitrogens with zero attached hydrogens (tertiary/aromatic N) is 1. The van der Waals surface area contributed by atoms with E-state index < -0.39 is 11.5 Å². The lowest BCUT2D eigenvalue weighted by atomic mass is 9.89. The van der Waals surface area contributed by atoms with Crippen molar-refractivity contribution >= 4 is 11.9 Å². The smallest absolute Gasteiger partial charge is 0.329 e. The Morgan fingerprint density at radius 1 is 1.39 bits per heavy atom. The summed E-state index contributed by atoms with van der Waals surface area (Å²) in [4.78, 5) is 25.6. The molecule has 0 aromatic carbocycles. The van der Waals surface area contributed by atoms with Crippen molar-refractivity contribution in [2.24, 2.45) is 5.92 Å². The van der Waals surface area contributed by atoms with Gasteiger partial charge in [0.2, 0.25) is 5.91 Å². The monoisotopic (exact) mass is 256 g/mol. The van der Waals surface area contributed by atoms with Crippen molar-refractivity contribution in [3.8, 4) is 0 Å². The summed E-state index contributed by atoms with van der Waals surface area (Å²) in [5.41, 5.74) is -1.13. The molecule has 0 spiro atoms. The molecular formula is C12H20N2O4. The number of carboxylic acids is 1. The summed E-state index contributed by atoms with van der Waals surface area (Å²) in [6.45, 7) is 2.37. The number of hydrogen-bond donors (Lipinski definition) is 2. The van der Waals surface area contributed by atoms with Crippen LogP contribution in [-0.4, -0.2) is 60.8 Å². The maximum Gasteiger partial charge on any atom is 0.329 e. The highest BCUT2D eigenvalue weighted by Gasteiger charge is 2.43. The lowest BCUT2D eigenvalue weighted by Gasteiger charge is -2.34. The fraction of sp³-hybridized carbons (Fsp3) is 0.833. The first-order chi connectivity index (χ1) is 8.53. The molecule has 1 unspecified atom stereocenters. The van der Waals surface area contributed by atoms with Crippen LogP contribution in [0.4, 0.5) is 0 Å². The molecule has 0 aromatic heterocycles. The summed E-state index contributed by atoms with van der Waals surface area (Å²) >= 11 is 0. The standard InChI is InChI=1S/C12H20N2O4/c1-14-5-2-9(8-14)10(15)13-12(11(16)17)3-6-18-7-4-12/h9H,2-8H2,1H3,(H,13,15)(H,16,17). The molecule has 102 valence electrons. The Morgan fingerprint density at radius 3 is 2.56 bits per heavy atom. The zero-order valence-corrected chi connectivity index (χ0v) is 10.6. The molecule has 2 aliphatic rings. The molecule has 1 amide bonds. The van der Waals surface area contributed by atoms with E-state index in [4.69, 9.17) is 4.74 Å². The minimum Gasteiger partial charge on any atom is -0.480 e. The summed E-state index contributed by atoms with van der Waals surface area (Å²) in [5, 5.41) is 12.1. The van der Waals surface area contributed by atoms with Gasteiger partial charge in [-0.3, -0.25) is 4.79 Å². The minimum absolute atomic E-state index is 0.0888. The van der Waals surface area contributed by atoms with E-state index >= 15 is 0 Å². The lowest BCUT2D eigenvalue weighted by Crippen LogP contribution is -2.58. The van der Waals surface area contributed by atoms with Crippen LogP contribution >= 0.6 is 0 Å². The maximum atomic E-state index is 12.1. The molecule has 2 aliphatic heterocycles. The average Bonchev–Trinajstić information content (AvgIpc) is 2.77. The summed E-state index contributed by atoms with van der Waals surface area (Å²) < 4.78 is 5.18. The van der Waals surface area contributed by atoms with Crippen LogP contribution in [0.5, 0.6) is 0 Å². The van der Waals surface area contributed by atoms with Crippen molar-refractivity contribution in [3.05, 3.63) is 0 Å². The molecule has 1 atom stereocenters. The van der Waals surface area contributed by atoms with Crippen molar-refractivity contribution in [1.29, 1.82) is 0 Å². The quantitative estimate of drug-likeness (QED) is 0.724. The summed E-state index contributed by atoms with van der Waals surface area (Å²) in [6.07, 6.45) is 1.49. The fourth-order valence-corrected chi connectivity index (χ4v) is 2.60. The molecule has 2 heterocycles. The van der Waals surface area contributed by atoms with Crippen molar-refractivity contribution in [3.63, 3.8) is 0 Å². The molecule has 2 saturated heterocycles. The number of amides is 1. The number of carbonyl (C=O) groups is 2. The first kappa shape index (κ1) is 13.3. The van der Waals surface area contributed by atoms with Crippen molar-refractivity contribution in [2.75, 3.05) is 33.4 Å². The van der Waals surface area contributed by atoms with Gasteiger partial charge in [0.05, 0.1) is 5.92 Å². The van der Waals surface area contributed by atoms with Gasteiger partial charge >= 0.3 is 5.97 Å². The van der Waals surface area contributed by atoms with Gasteiger partial charge in [-0.15, -0.1) is 0 Å². The van der Waals surface area contributed by atoms with Crippen molar-refractivity contribution < 1.29 is 19.4 Å². The zero-order valence-electron chi connectivity index (χ0n) is 10.6. The number of nitrogens with one attached hydrogen (secondary N) is 1. The van der Waals surface area contributed by atoms with Crippen LogP contribution < -0.4 is 5.32 Å². The number of hydrogen-bond acceptors (Lipinski definition) is 4. The lowest BCUT2D eigenvalue weighted by molar-refractivity contribution is -0.152. The Labute approximate surface area is 106 Å². The van der Waals surface area contributed by atoms with Gasteiger partial charge in [-0.05, 0) is 20.0 Å². The molecule has 6 nitrogen and oxygen atoms in total. The Hall–Kier alpha value is -1.14. The second kappa shape index (κ2) is 5.24. The van der Waals surface area contributed by atoms with Crippen LogP contribution in [0.2, 0.25) is 0 Å². The molecule has 6 heteroatoms. The van der Waals surface area contributed by atoms with E-state index in [2.05, 4.69) is 10.2 Å². The van der Waals surface area contributed by atoms with Gasteiger partial charge < -0.3 is 20.1 Å². The second-order valence-electron chi connectivity index (χ2n) is 5.24. The van der Waals surface area contributed by atoms with E-state index in [9.17, 15) is 14.7 Å². The van der Waals surface area contributed by atoms with Crippen LogP contribution in [0, 0.1) is 5.92 Å². The summed E-state index contributed by atoms with van der Waals surface area (Å²) in [6, 6.07) is 0. The molecule has 2 N–H and O–H groups in total. The number of ether oxygens (including phenoxy) is 1. The predicted molar refractivity (Wildman–Crippen MR) is 64.2 cm³/mol. The van der Waals surface area contributed by atoms with Gasteiger partial charge in [-0.2, -0.15) is 0 Å². The number of likely N-dealkylation sites (tertiary alicyclic amines) is 1. The molecule has 0 bridgehead atoms. The van der Waals surface area contributed by atoms with Crippen LogP contribution in [-0.2, 0) is 14.3 Å². The van der Waals surface area contributed by atoms with Gasteiger partial charge in [0, 0.05) is 32.6 Å². The van der Waals surface area contributed by atoms with Crippen LogP contribution in [0.25, 0.3) is 0 Å². The second-order valence-corrected chi connectivity index (χ2v) is 5.24. The Kier molecular flexibility index (Phi) is 3.87. The SMILES string of the molecule is CN1CCC(C(=O)NC2(C(=O)O)CCOCC2)C1. The first-order valence-corrected chi connectivity index (χ1v) is 6.35. The summed E-state index contributed by atoms with van der Waals surface area (Å²) in [7, 11) is 1.97. The van der Waals surface area contributed by atoms with Gasteiger partial charge in [0.15, 0.2) is 0 Å². The molecule has 0 radical (unpaired) electrons. The highest BCUT2D eigenvalue weighted by atomic mass is 16.5. The normalized spacial score (nSPS) is 27.9. The van der Waals surface area contributed by atoms with E-state index in [0.717, 1.165) is 13.0 Å². The molecule has 0 aliphatic carbocycles. The van der Waals surface area contributed by atoms with Crippen molar-refractivity contribution in [2.45, 2.75) is 24.8 Å². The highest BCUT2D eigenvalue weighted by molar-refractivity contribution is 5.88. The molecule has 18 heavy (non-hydrogen) atoms. The van der Waals surface area contributed by atoms with Crippen LogP contribution in [0.15, 0.2) is 0 Å². The maximum absolute atomic E-state index is 12.1. The van der Waals surface area contributed by atoms with E-state index in [-0.39, 0.29) is 11.8 Å². The van der Waals surface area contributed by atoms with Crippen LogP contribution in [0.3, 0.4) is 0 Å². The summed E-state index contributed by atoms with van der Waals surface area (Å²) in [5.74, 6) is -1.18. The molecule has 0 saturated carbocycles. The van der Waals surface area contributed by atoms with E-state index in [1.165, 1.54) is 0 Å². The van der Waals surface area contributed by atoms with E-state index in [1.807, 2.05) is 7.05 Å². The van der Waals surface area contributed by atoms with E-state index in [1.54, 1.807) is 0 Å². The van der Waals surface area contributed by atoms with Crippen molar-refractivity contribution in [1.82, 2.24) is 10.2 Å². The predicted octanol–water partition coefficient (Wildman–Crippen LogP) is -0.312. The Bertz CT molecular complexity index is 339. The van der Waals surface area contributed by atoms with Gasteiger partial charge in [0.1, 0.15) is 5.54 Å². The third-order valence-electron chi connectivity index (χ3n) is 3.88. The number of aliphatic carboxylic acids is 1. The number of rotatable bonds is 3. The largest absolute Gasteiger partial charge is 0.480 e. The fourth-order valence-electron chi connectivity index (χ4n) is 2.60. The van der Waals surface area contributed by atoms with E-state index in [0.29, 0.717) is 32.6 Å². The van der Waals surface area contributed by atoms with Gasteiger partial charge in [-0.1, -0.05) is 0 Å². The van der Waals surface area contributed by atoms with Gasteiger partial charge in [-0.25, -0.2) is 4.79 Å². The first-order valence-electron chi connectivity index (χ1n) is 6.35. The minimum atomic E-state index is -1.13. The molecule has 0 aromatic rings. The third kappa shape index (κ3) is 2.64. The third-order valence-corrected chi connectivity index (χ3v) is 3.88. The Balaban J connectivity index is 2.00. The average molecular weight is 256 g/mol. The Morgan fingerprint density at radius 2 is 2.06 bits per heavy atom. The number of carbonyl (C=O) groups excluding carboxylic acids is 1. The number of carboxylic acid groups (broad SMARTS) is 1. The van der Waals surface area contributed by atoms with Crippen LogP contribution in [0.1, 0.15) is 19.3 Å². The van der Waals surface area contributed by atoms with Gasteiger partial charge in [0.25, 0.3) is 0 Å². The molecule has 2 rings (SSSR count). The topological polar surface area (TPSA) is 78.9 Å².